The van der Waals surface area contributed by atoms with E-state index in [1.807, 2.05) is 0 Å². The molecule has 1 aromatic heterocycles. The molecular formula is C9H7FN4O3. The first kappa shape index (κ1) is 11.0. The van der Waals surface area contributed by atoms with Gasteiger partial charge in [0.2, 0.25) is 0 Å². The van der Waals surface area contributed by atoms with E-state index < -0.39 is 24.0 Å². The summed E-state index contributed by atoms with van der Waals surface area (Å²) in [5, 5.41) is 15.4. The van der Waals surface area contributed by atoms with Crippen molar-refractivity contribution in [1.29, 1.82) is 0 Å². The normalized spacial score (nSPS) is 10.4. The van der Waals surface area contributed by atoms with Crippen molar-refractivity contribution < 1.29 is 14.3 Å². The van der Waals surface area contributed by atoms with Crippen LogP contribution in [0, 0.1) is 5.82 Å². The van der Waals surface area contributed by atoms with Crippen LogP contribution in [0.25, 0.3) is 5.69 Å². The Morgan fingerprint density at radius 2 is 1.94 bits per heavy atom. The molecule has 88 valence electrons. The van der Waals surface area contributed by atoms with Crippen LogP contribution in [-0.2, 0) is 11.3 Å². The summed E-state index contributed by atoms with van der Waals surface area (Å²) in [5.74, 6) is -1.64. The van der Waals surface area contributed by atoms with Crippen LogP contribution in [0.4, 0.5) is 4.39 Å². The first-order valence-corrected chi connectivity index (χ1v) is 4.58. The topological polar surface area (TPSA) is 90.0 Å². The Kier molecular flexibility index (Phi) is 2.69. The number of rotatable bonds is 3. The van der Waals surface area contributed by atoms with Crippen LogP contribution in [0.5, 0.6) is 0 Å². The maximum atomic E-state index is 12.7. The molecule has 0 radical (unpaired) electrons. The molecule has 0 saturated heterocycles. The highest BCUT2D eigenvalue weighted by atomic mass is 19.1. The van der Waals surface area contributed by atoms with Crippen molar-refractivity contribution in [3.8, 4) is 5.69 Å². The molecule has 2 rings (SSSR count). The standard InChI is InChI=1S/C9H7FN4O3/c10-6-1-3-7(4-2-6)14-9(17)13(11-12-14)5-8(15)16/h1-4H,5H2,(H,15,16). The second-order valence-electron chi connectivity index (χ2n) is 3.20. The SMILES string of the molecule is O=C(O)Cn1nnn(-c2ccc(F)cc2)c1=O. The molecule has 0 aliphatic carbocycles. The van der Waals surface area contributed by atoms with Crippen LogP contribution in [-0.4, -0.2) is 30.9 Å². The van der Waals surface area contributed by atoms with Crippen molar-refractivity contribution >= 4 is 5.97 Å². The maximum Gasteiger partial charge on any atom is 0.369 e. The Bertz CT molecular complexity index is 601. The third-order valence-electron chi connectivity index (χ3n) is 2.00. The van der Waals surface area contributed by atoms with Crippen LogP contribution in [0.2, 0.25) is 0 Å². The fourth-order valence-corrected chi connectivity index (χ4v) is 1.25. The van der Waals surface area contributed by atoms with Crippen molar-refractivity contribution in [3.05, 3.63) is 40.6 Å². The predicted molar refractivity (Wildman–Crippen MR) is 53.2 cm³/mol. The molecule has 0 spiro atoms. The average Bonchev–Trinajstić information content (AvgIpc) is 2.61. The number of carboxylic acid groups (broad SMARTS) is 1. The number of carbonyl (C=O) groups is 1. The van der Waals surface area contributed by atoms with Crippen LogP contribution in [0.15, 0.2) is 29.1 Å². The van der Waals surface area contributed by atoms with Crippen LogP contribution in [0.1, 0.15) is 0 Å². The Morgan fingerprint density at radius 1 is 1.29 bits per heavy atom. The van der Waals surface area contributed by atoms with Crippen LogP contribution >= 0.6 is 0 Å². The summed E-state index contributed by atoms with van der Waals surface area (Å²) in [4.78, 5) is 22.1. The molecule has 0 atom stereocenters. The molecule has 0 fully saturated rings. The predicted octanol–water partition coefficient (Wildman–Crippen LogP) is -0.347. The van der Waals surface area contributed by atoms with E-state index in [0.717, 1.165) is 16.8 Å². The number of hydrogen-bond donors (Lipinski definition) is 1. The molecule has 2 aromatic rings. The minimum atomic E-state index is -1.20. The van der Waals surface area contributed by atoms with Gasteiger partial charge in [0.15, 0.2) is 0 Å². The minimum Gasteiger partial charge on any atom is -0.480 e. The van der Waals surface area contributed by atoms with Gasteiger partial charge in [0.1, 0.15) is 12.4 Å². The van der Waals surface area contributed by atoms with E-state index in [1.54, 1.807) is 0 Å². The highest BCUT2D eigenvalue weighted by Gasteiger charge is 2.10. The van der Waals surface area contributed by atoms with Gasteiger partial charge in [-0.1, -0.05) is 0 Å². The smallest absolute Gasteiger partial charge is 0.369 e. The Hall–Kier alpha value is -2.51. The number of aromatic nitrogens is 4. The molecule has 0 aliphatic heterocycles. The lowest BCUT2D eigenvalue weighted by Gasteiger charge is -1.96. The van der Waals surface area contributed by atoms with E-state index in [4.69, 9.17) is 5.11 Å². The van der Waals surface area contributed by atoms with E-state index in [-0.39, 0.29) is 0 Å². The molecule has 1 N–H and O–H groups in total. The zero-order chi connectivity index (χ0) is 12.4. The number of nitrogens with zero attached hydrogens (tertiary/aromatic N) is 4. The third kappa shape index (κ3) is 2.19. The molecular weight excluding hydrogens is 231 g/mol. The summed E-state index contributed by atoms with van der Waals surface area (Å²) >= 11 is 0. The fraction of sp³-hybridized carbons (Fsp3) is 0.111. The zero-order valence-corrected chi connectivity index (χ0v) is 8.45. The first-order chi connectivity index (χ1) is 8.08. The van der Waals surface area contributed by atoms with Gasteiger partial charge in [0, 0.05) is 0 Å². The molecule has 0 saturated carbocycles. The number of carboxylic acids is 1. The summed E-state index contributed by atoms with van der Waals surface area (Å²) in [5.41, 5.74) is -0.382. The van der Waals surface area contributed by atoms with Crippen LogP contribution in [0.3, 0.4) is 0 Å². The van der Waals surface area contributed by atoms with Gasteiger partial charge in [-0.05, 0) is 34.7 Å². The van der Waals surface area contributed by atoms with Gasteiger partial charge in [0.25, 0.3) is 0 Å². The van der Waals surface area contributed by atoms with Gasteiger partial charge in [0.05, 0.1) is 5.69 Å². The molecule has 0 aliphatic rings. The molecule has 1 heterocycles. The van der Waals surface area contributed by atoms with Crippen molar-refractivity contribution in [2.45, 2.75) is 6.54 Å². The fourth-order valence-electron chi connectivity index (χ4n) is 1.25. The van der Waals surface area contributed by atoms with Crippen LogP contribution < -0.4 is 5.69 Å². The molecule has 0 amide bonds. The molecule has 0 bridgehead atoms. The molecule has 17 heavy (non-hydrogen) atoms. The van der Waals surface area contributed by atoms with Gasteiger partial charge < -0.3 is 5.11 Å². The van der Waals surface area contributed by atoms with Gasteiger partial charge >= 0.3 is 11.7 Å². The maximum absolute atomic E-state index is 12.7. The van der Waals surface area contributed by atoms with Crippen molar-refractivity contribution in [1.82, 2.24) is 19.8 Å². The Labute approximate surface area is 93.7 Å². The van der Waals surface area contributed by atoms with Gasteiger partial charge in [-0.15, -0.1) is 0 Å². The average molecular weight is 238 g/mol. The number of benzene rings is 1. The van der Waals surface area contributed by atoms with E-state index in [1.165, 1.54) is 12.1 Å². The number of halogens is 1. The summed E-state index contributed by atoms with van der Waals surface area (Å²) in [6, 6.07) is 5.02. The lowest BCUT2D eigenvalue weighted by Crippen LogP contribution is -2.27. The van der Waals surface area contributed by atoms with Crippen molar-refractivity contribution in [2.75, 3.05) is 0 Å². The summed E-state index contributed by atoms with van der Waals surface area (Å²) in [6.07, 6.45) is 0. The van der Waals surface area contributed by atoms with E-state index in [2.05, 4.69) is 10.4 Å². The molecule has 7 nitrogen and oxygen atoms in total. The van der Waals surface area contributed by atoms with E-state index >= 15 is 0 Å². The highest BCUT2D eigenvalue weighted by molar-refractivity contribution is 5.66. The Balaban J connectivity index is 2.40. The zero-order valence-electron chi connectivity index (χ0n) is 8.45. The number of hydrogen-bond acceptors (Lipinski definition) is 4. The van der Waals surface area contributed by atoms with Crippen molar-refractivity contribution in [3.63, 3.8) is 0 Å². The Morgan fingerprint density at radius 3 is 2.53 bits per heavy atom. The second-order valence-corrected chi connectivity index (χ2v) is 3.20. The van der Waals surface area contributed by atoms with Gasteiger partial charge in [-0.2, -0.15) is 9.36 Å². The summed E-state index contributed by atoms with van der Waals surface area (Å²) in [7, 11) is 0. The molecule has 1 aromatic carbocycles. The lowest BCUT2D eigenvalue weighted by molar-refractivity contribution is -0.138. The largest absolute Gasteiger partial charge is 0.480 e. The van der Waals surface area contributed by atoms with E-state index in [0.29, 0.717) is 10.4 Å². The lowest BCUT2D eigenvalue weighted by atomic mass is 10.3. The van der Waals surface area contributed by atoms with Gasteiger partial charge in [-0.3, -0.25) is 4.79 Å². The molecule has 8 heteroatoms. The summed E-state index contributed by atoms with van der Waals surface area (Å²) in [6.45, 7) is -0.569. The summed E-state index contributed by atoms with van der Waals surface area (Å²) < 4.78 is 14.3. The highest BCUT2D eigenvalue weighted by Crippen LogP contribution is 2.04. The van der Waals surface area contributed by atoms with Crippen molar-refractivity contribution in [2.24, 2.45) is 0 Å². The first-order valence-electron chi connectivity index (χ1n) is 4.58. The number of tetrazole rings is 1. The monoisotopic (exact) mass is 238 g/mol. The minimum absolute atomic E-state index is 0.313. The quantitative estimate of drug-likeness (QED) is 0.789. The molecule has 0 unspecified atom stereocenters. The van der Waals surface area contributed by atoms with E-state index in [9.17, 15) is 14.0 Å². The number of aliphatic carboxylic acids is 1. The third-order valence-corrected chi connectivity index (χ3v) is 2.00. The van der Waals surface area contributed by atoms with Gasteiger partial charge in [-0.25, -0.2) is 9.18 Å². The second kappa shape index (κ2) is 4.16.